The number of hydrogen-bond donors (Lipinski definition) is 0. The first-order chi connectivity index (χ1) is 13.2. The Balaban J connectivity index is 1.83. The van der Waals surface area contributed by atoms with Crippen molar-refractivity contribution in [2.75, 3.05) is 27.2 Å². The fourth-order valence-corrected chi connectivity index (χ4v) is 4.05. The second kappa shape index (κ2) is 8.08. The molecule has 4 bridgehead atoms. The normalized spacial score (nSPS) is 16.2. The highest BCUT2D eigenvalue weighted by Gasteiger charge is 2.11. The Labute approximate surface area is 163 Å². The summed E-state index contributed by atoms with van der Waals surface area (Å²) in [5.74, 6) is 0. The minimum atomic E-state index is 0.994. The standard InChI is InChI=1S/C25H28N2/c1-26-14-7-15-27(2)19-21-9-6-11-23(17-21)25-13-4-3-12-24(25)22-10-5-8-20(16-22)18-26/h3-6,8-13,16-17H,7,14-15,18-19H2,1-2H3. The van der Waals surface area contributed by atoms with Gasteiger partial charge in [-0.05, 0) is 79.1 Å². The van der Waals surface area contributed by atoms with Crippen LogP contribution >= 0.6 is 0 Å². The van der Waals surface area contributed by atoms with Crippen molar-refractivity contribution in [1.29, 1.82) is 0 Å². The van der Waals surface area contributed by atoms with E-state index in [0.717, 1.165) is 26.2 Å². The molecule has 0 atom stereocenters. The van der Waals surface area contributed by atoms with Gasteiger partial charge in [0.1, 0.15) is 0 Å². The molecule has 0 saturated heterocycles. The highest BCUT2D eigenvalue weighted by atomic mass is 15.1. The van der Waals surface area contributed by atoms with E-state index in [1.165, 1.54) is 39.8 Å². The molecule has 0 spiro atoms. The summed E-state index contributed by atoms with van der Waals surface area (Å²) in [5, 5.41) is 0. The summed E-state index contributed by atoms with van der Waals surface area (Å²) in [7, 11) is 4.45. The predicted molar refractivity (Wildman–Crippen MR) is 115 cm³/mol. The van der Waals surface area contributed by atoms with Crippen molar-refractivity contribution in [3.8, 4) is 22.3 Å². The van der Waals surface area contributed by atoms with Gasteiger partial charge >= 0.3 is 0 Å². The van der Waals surface area contributed by atoms with Crippen LogP contribution in [0.5, 0.6) is 0 Å². The van der Waals surface area contributed by atoms with Crippen LogP contribution in [0.2, 0.25) is 0 Å². The first kappa shape index (κ1) is 18.0. The van der Waals surface area contributed by atoms with Crippen molar-refractivity contribution in [2.45, 2.75) is 19.5 Å². The van der Waals surface area contributed by atoms with Gasteiger partial charge in [0.15, 0.2) is 0 Å². The lowest BCUT2D eigenvalue weighted by atomic mass is 9.93. The number of rotatable bonds is 0. The maximum absolute atomic E-state index is 2.43. The first-order valence-corrected chi connectivity index (χ1v) is 9.84. The van der Waals surface area contributed by atoms with Crippen LogP contribution in [0.25, 0.3) is 22.3 Å². The second-order valence-electron chi connectivity index (χ2n) is 7.78. The monoisotopic (exact) mass is 356 g/mol. The van der Waals surface area contributed by atoms with E-state index in [2.05, 4.69) is 96.7 Å². The van der Waals surface area contributed by atoms with E-state index in [1.807, 2.05) is 0 Å². The largest absolute Gasteiger partial charge is 0.302 e. The molecule has 1 heterocycles. The number of hydrogen-bond acceptors (Lipinski definition) is 2. The summed E-state index contributed by atoms with van der Waals surface area (Å²) in [6.07, 6.45) is 1.19. The molecule has 27 heavy (non-hydrogen) atoms. The smallest absolute Gasteiger partial charge is 0.0230 e. The second-order valence-corrected chi connectivity index (χ2v) is 7.78. The maximum Gasteiger partial charge on any atom is 0.0230 e. The Kier molecular flexibility index (Phi) is 5.38. The van der Waals surface area contributed by atoms with Gasteiger partial charge in [0.05, 0.1) is 0 Å². The van der Waals surface area contributed by atoms with E-state index in [9.17, 15) is 0 Å². The average molecular weight is 357 g/mol. The SMILES string of the molecule is CN1CCCN(C)Cc2cccc(c2)-c2ccccc2-c2cccc(c2)C1. The van der Waals surface area contributed by atoms with E-state index in [4.69, 9.17) is 0 Å². The number of nitrogens with zero attached hydrogens (tertiary/aromatic N) is 2. The Hall–Kier alpha value is -2.42. The summed E-state index contributed by atoms with van der Waals surface area (Å²) >= 11 is 0. The van der Waals surface area contributed by atoms with Crippen molar-refractivity contribution in [1.82, 2.24) is 9.80 Å². The fraction of sp³-hybridized carbons (Fsp3) is 0.280. The van der Waals surface area contributed by atoms with Gasteiger partial charge in [-0.2, -0.15) is 0 Å². The van der Waals surface area contributed by atoms with Gasteiger partial charge in [-0.25, -0.2) is 0 Å². The molecule has 0 fully saturated rings. The molecule has 0 aromatic heterocycles. The van der Waals surface area contributed by atoms with Gasteiger partial charge in [-0.15, -0.1) is 0 Å². The Morgan fingerprint density at radius 2 is 1.07 bits per heavy atom. The van der Waals surface area contributed by atoms with Crippen LogP contribution in [0.15, 0.2) is 72.8 Å². The van der Waals surface area contributed by atoms with E-state index < -0.39 is 0 Å². The maximum atomic E-state index is 2.43. The molecule has 0 unspecified atom stereocenters. The third kappa shape index (κ3) is 4.29. The van der Waals surface area contributed by atoms with Crippen molar-refractivity contribution >= 4 is 0 Å². The lowest BCUT2D eigenvalue weighted by Gasteiger charge is -2.20. The first-order valence-electron chi connectivity index (χ1n) is 9.84. The molecule has 2 heteroatoms. The molecule has 0 saturated carbocycles. The molecule has 0 amide bonds. The highest BCUT2D eigenvalue weighted by molar-refractivity contribution is 5.83. The van der Waals surface area contributed by atoms with Crippen LogP contribution in [0.4, 0.5) is 0 Å². The van der Waals surface area contributed by atoms with E-state index >= 15 is 0 Å². The zero-order valence-electron chi connectivity index (χ0n) is 16.4. The predicted octanol–water partition coefficient (Wildman–Crippen LogP) is 5.29. The van der Waals surface area contributed by atoms with E-state index in [-0.39, 0.29) is 0 Å². The highest BCUT2D eigenvalue weighted by Crippen LogP contribution is 2.33. The minimum Gasteiger partial charge on any atom is -0.302 e. The molecule has 3 aromatic rings. The third-order valence-electron chi connectivity index (χ3n) is 5.39. The van der Waals surface area contributed by atoms with Crippen molar-refractivity contribution in [2.24, 2.45) is 0 Å². The molecule has 138 valence electrons. The van der Waals surface area contributed by atoms with Crippen LogP contribution < -0.4 is 0 Å². The van der Waals surface area contributed by atoms with Crippen molar-refractivity contribution in [3.63, 3.8) is 0 Å². The van der Waals surface area contributed by atoms with Gasteiger partial charge in [0.25, 0.3) is 0 Å². The molecule has 0 N–H and O–H groups in total. The summed E-state index contributed by atoms with van der Waals surface area (Å²) in [5.41, 5.74) is 7.97. The minimum absolute atomic E-state index is 0.994. The molecule has 1 aliphatic heterocycles. The van der Waals surface area contributed by atoms with Crippen molar-refractivity contribution in [3.05, 3.63) is 83.9 Å². The summed E-state index contributed by atoms with van der Waals surface area (Å²) < 4.78 is 0. The molecule has 4 rings (SSSR count). The molecule has 1 aliphatic rings. The summed E-state index contributed by atoms with van der Waals surface area (Å²) in [4.78, 5) is 4.86. The van der Waals surface area contributed by atoms with E-state index in [1.54, 1.807) is 0 Å². The quantitative estimate of drug-likeness (QED) is 0.540. The van der Waals surface area contributed by atoms with Crippen LogP contribution in [0.1, 0.15) is 17.5 Å². The van der Waals surface area contributed by atoms with E-state index in [0.29, 0.717) is 0 Å². The molecule has 2 nitrogen and oxygen atoms in total. The summed E-state index contributed by atoms with van der Waals surface area (Å²) in [6.45, 7) is 4.22. The molecule has 0 aliphatic carbocycles. The van der Waals surface area contributed by atoms with Gasteiger partial charge in [0, 0.05) is 13.1 Å². The molecule has 0 radical (unpaired) electrons. The summed E-state index contributed by atoms with van der Waals surface area (Å²) in [6, 6.07) is 26.8. The lowest BCUT2D eigenvalue weighted by Crippen LogP contribution is -2.25. The van der Waals surface area contributed by atoms with Crippen molar-refractivity contribution < 1.29 is 0 Å². The van der Waals surface area contributed by atoms with Crippen LogP contribution in [0, 0.1) is 0 Å². The Morgan fingerprint density at radius 1 is 0.593 bits per heavy atom. The zero-order valence-corrected chi connectivity index (χ0v) is 16.4. The van der Waals surface area contributed by atoms with Gasteiger partial charge < -0.3 is 9.80 Å². The Morgan fingerprint density at radius 3 is 1.56 bits per heavy atom. The molecular weight excluding hydrogens is 328 g/mol. The van der Waals surface area contributed by atoms with Gasteiger partial charge in [0.2, 0.25) is 0 Å². The number of benzene rings is 3. The topological polar surface area (TPSA) is 6.48 Å². The zero-order chi connectivity index (χ0) is 18.6. The van der Waals surface area contributed by atoms with Gasteiger partial charge in [-0.1, -0.05) is 60.7 Å². The average Bonchev–Trinajstić information content (AvgIpc) is 2.68. The van der Waals surface area contributed by atoms with Crippen LogP contribution in [-0.2, 0) is 13.1 Å². The number of fused-ring (bicyclic) bond motifs is 7. The fourth-order valence-electron chi connectivity index (χ4n) is 4.05. The lowest BCUT2D eigenvalue weighted by molar-refractivity contribution is 0.270. The third-order valence-corrected chi connectivity index (χ3v) is 5.39. The van der Waals surface area contributed by atoms with Crippen LogP contribution in [0.3, 0.4) is 0 Å². The van der Waals surface area contributed by atoms with Crippen LogP contribution in [-0.4, -0.2) is 37.0 Å². The molecular formula is C25H28N2. The molecule has 3 aromatic carbocycles. The Bertz CT molecular complexity index is 841. The van der Waals surface area contributed by atoms with Gasteiger partial charge in [-0.3, -0.25) is 0 Å².